The number of phenols is 1. The molecule has 0 aliphatic heterocycles. The van der Waals surface area contributed by atoms with Crippen LogP contribution in [0.4, 0.5) is 0 Å². The molecule has 0 saturated carbocycles. The van der Waals surface area contributed by atoms with E-state index in [0.717, 1.165) is 29.5 Å². The fraction of sp³-hybridized carbons (Fsp3) is 0.788. The number of carbonyl (C=O) groups is 1. The molecular weight excluding hydrogens is 444 g/mol. The van der Waals surface area contributed by atoms with Crippen LogP contribution in [0.25, 0.3) is 0 Å². The van der Waals surface area contributed by atoms with Crippen LogP contribution >= 0.6 is 0 Å². The molecule has 0 aromatic heterocycles. The molecule has 0 saturated heterocycles. The fourth-order valence-electron chi connectivity index (χ4n) is 4.78. The van der Waals surface area contributed by atoms with Crippen LogP contribution in [0, 0.1) is 0 Å². The zero-order chi connectivity index (χ0) is 27.0. The van der Waals surface area contributed by atoms with Crippen molar-refractivity contribution in [3.05, 3.63) is 28.8 Å². The Morgan fingerprint density at radius 2 is 1.08 bits per heavy atom. The van der Waals surface area contributed by atoms with E-state index >= 15 is 0 Å². The smallest absolute Gasteiger partial charge is 0.306 e. The second-order valence-corrected chi connectivity index (χ2v) is 12.9. The zero-order valence-corrected chi connectivity index (χ0v) is 24.9. The molecule has 0 aliphatic carbocycles. The lowest BCUT2D eigenvalue weighted by Crippen LogP contribution is -2.18. The van der Waals surface area contributed by atoms with Gasteiger partial charge in [-0.2, -0.15) is 0 Å². The molecule has 3 nitrogen and oxygen atoms in total. The number of esters is 1. The maximum Gasteiger partial charge on any atom is 0.306 e. The minimum Gasteiger partial charge on any atom is -0.507 e. The van der Waals surface area contributed by atoms with E-state index in [2.05, 4.69) is 60.6 Å². The minimum absolute atomic E-state index is 0.118. The number of ether oxygens (including phenoxy) is 1. The Balaban J connectivity index is 2.20. The van der Waals surface area contributed by atoms with E-state index in [1.54, 1.807) is 0 Å². The number of hydrogen-bond acceptors (Lipinski definition) is 3. The summed E-state index contributed by atoms with van der Waals surface area (Å²) in [5.74, 6) is 0.270. The third kappa shape index (κ3) is 13.7. The molecule has 0 spiro atoms. The highest BCUT2D eigenvalue weighted by Crippen LogP contribution is 2.40. The van der Waals surface area contributed by atoms with Gasteiger partial charge in [-0.3, -0.25) is 4.79 Å². The molecule has 0 heterocycles. The van der Waals surface area contributed by atoms with Crippen LogP contribution in [0.3, 0.4) is 0 Å². The Kier molecular flexibility index (Phi) is 15.4. The van der Waals surface area contributed by atoms with Crippen LogP contribution in [0.1, 0.15) is 161 Å². The molecule has 0 unspecified atom stereocenters. The maximum absolute atomic E-state index is 12.3. The summed E-state index contributed by atoms with van der Waals surface area (Å²) in [6.45, 7) is 15.5. The lowest BCUT2D eigenvalue weighted by molar-refractivity contribution is -0.143. The monoisotopic (exact) mass is 502 g/mol. The summed E-state index contributed by atoms with van der Waals surface area (Å²) in [6, 6.07) is 4.12. The first-order valence-electron chi connectivity index (χ1n) is 15.0. The van der Waals surface area contributed by atoms with Crippen molar-refractivity contribution in [2.75, 3.05) is 6.61 Å². The van der Waals surface area contributed by atoms with Crippen LogP contribution in [0.5, 0.6) is 5.75 Å². The van der Waals surface area contributed by atoms with Gasteiger partial charge in [0, 0.05) is 6.42 Å². The van der Waals surface area contributed by atoms with Crippen LogP contribution < -0.4 is 0 Å². The van der Waals surface area contributed by atoms with Crippen LogP contribution in [-0.4, -0.2) is 17.7 Å². The van der Waals surface area contributed by atoms with Crippen molar-refractivity contribution in [1.29, 1.82) is 0 Å². The fourth-order valence-corrected chi connectivity index (χ4v) is 4.78. The summed E-state index contributed by atoms with van der Waals surface area (Å²) < 4.78 is 5.50. The highest BCUT2D eigenvalue weighted by Gasteiger charge is 2.26. The average Bonchev–Trinajstić information content (AvgIpc) is 2.79. The molecule has 0 fully saturated rings. The lowest BCUT2D eigenvalue weighted by atomic mass is 9.78. The first kappa shape index (κ1) is 32.5. The van der Waals surface area contributed by atoms with Gasteiger partial charge in [0.1, 0.15) is 5.75 Å². The quantitative estimate of drug-likeness (QED) is 0.160. The highest BCUT2D eigenvalue weighted by atomic mass is 16.5. The number of phenolic OH excluding ortho intramolecular Hbond substituents is 1. The molecule has 0 atom stereocenters. The van der Waals surface area contributed by atoms with Crippen molar-refractivity contribution in [1.82, 2.24) is 0 Å². The number of carbonyl (C=O) groups excluding carboxylic acids is 1. The molecular formula is C33H58O3. The average molecular weight is 503 g/mol. The van der Waals surface area contributed by atoms with Crippen LogP contribution in [-0.2, 0) is 26.8 Å². The zero-order valence-electron chi connectivity index (χ0n) is 24.9. The molecule has 0 amide bonds. The molecule has 1 aromatic carbocycles. The third-order valence-electron chi connectivity index (χ3n) is 7.16. The number of rotatable bonds is 18. The Morgan fingerprint density at radius 3 is 1.47 bits per heavy atom. The van der Waals surface area contributed by atoms with Gasteiger partial charge in [-0.1, -0.05) is 144 Å². The van der Waals surface area contributed by atoms with E-state index < -0.39 is 0 Å². The van der Waals surface area contributed by atoms with E-state index in [0.29, 0.717) is 25.2 Å². The van der Waals surface area contributed by atoms with Crippen molar-refractivity contribution in [3.63, 3.8) is 0 Å². The Bertz CT molecular complexity index is 701. The summed E-state index contributed by atoms with van der Waals surface area (Å²) in [5, 5.41) is 10.9. The first-order chi connectivity index (χ1) is 17.0. The molecule has 208 valence electrons. The van der Waals surface area contributed by atoms with E-state index in [1.807, 2.05) is 0 Å². The van der Waals surface area contributed by atoms with Gasteiger partial charge < -0.3 is 9.84 Å². The van der Waals surface area contributed by atoms with Gasteiger partial charge >= 0.3 is 5.97 Å². The van der Waals surface area contributed by atoms with Crippen LogP contribution in [0.15, 0.2) is 12.1 Å². The second kappa shape index (κ2) is 17.1. The van der Waals surface area contributed by atoms with Gasteiger partial charge in [0.05, 0.1) is 6.61 Å². The normalized spacial score (nSPS) is 12.2. The van der Waals surface area contributed by atoms with Crippen molar-refractivity contribution in [2.45, 2.75) is 162 Å². The van der Waals surface area contributed by atoms with Crippen molar-refractivity contribution >= 4 is 5.97 Å². The number of unbranched alkanes of at least 4 members (excludes halogenated alkanes) is 13. The predicted octanol–water partition coefficient (Wildman–Crippen LogP) is 9.94. The standard InChI is InChI=1S/C33H58O3/c1-8-9-10-11-12-13-14-15-16-17-18-19-20-21-24-36-30(34)23-22-27-25-28(32(2,3)4)31(35)29(26-27)33(5,6)7/h25-26,35H,8-24H2,1-7H3. The number of aromatic hydroxyl groups is 1. The lowest BCUT2D eigenvalue weighted by Gasteiger charge is -2.28. The highest BCUT2D eigenvalue weighted by molar-refractivity contribution is 5.69. The van der Waals surface area contributed by atoms with Gasteiger partial charge in [0.25, 0.3) is 0 Å². The van der Waals surface area contributed by atoms with E-state index in [-0.39, 0.29) is 16.8 Å². The summed E-state index contributed by atoms with van der Waals surface area (Å²) in [6.07, 6.45) is 19.6. The molecule has 3 heteroatoms. The van der Waals surface area contributed by atoms with Gasteiger partial charge in [-0.15, -0.1) is 0 Å². The molecule has 1 aromatic rings. The van der Waals surface area contributed by atoms with Gasteiger partial charge in [-0.05, 0) is 40.4 Å². The van der Waals surface area contributed by atoms with Crippen molar-refractivity contribution in [2.24, 2.45) is 0 Å². The van der Waals surface area contributed by atoms with Gasteiger partial charge in [0.2, 0.25) is 0 Å². The van der Waals surface area contributed by atoms with E-state index in [1.165, 1.54) is 77.0 Å². The van der Waals surface area contributed by atoms with Crippen molar-refractivity contribution < 1.29 is 14.6 Å². The topological polar surface area (TPSA) is 46.5 Å². The minimum atomic E-state index is -0.158. The molecule has 0 bridgehead atoms. The van der Waals surface area contributed by atoms with Gasteiger partial charge in [0.15, 0.2) is 0 Å². The second-order valence-electron chi connectivity index (χ2n) is 12.9. The first-order valence-corrected chi connectivity index (χ1v) is 15.0. The summed E-state index contributed by atoms with van der Waals surface area (Å²) >= 11 is 0. The van der Waals surface area contributed by atoms with E-state index in [9.17, 15) is 9.90 Å². The summed E-state index contributed by atoms with van der Waals surface area (Å²) in [7, 11) is 0. The number of hydrogen-bond donors (Lipinski definition) is 1. The number of benzene rings is 1. The van der Waals surface area contributed by atoms with Crippen molar-refractivity contribution in [3.8, 4) is 5.75 Å². The summed E-state index contributed by atoms with van der Waals surface area (Å²) in [4.78, 5) is 12.3. The van der Waals surface area contributed by atoms with Gasteiger partial charge in [-0.25, -0.2) is 0 Å². The Hall–Kier alpha value is -1.51. The Morgan fingerprint density at radius 1 is 0.694 bits per heavy atom. The Labute approximate surface area is 223 Å². The largest absolute Gasteiger partial charge is 0.507 e. The maximum atomic E-state index is 12.3. The SMILES string of the molecule is CCCCCCCCCCCCCCCCOC(=O)CCc1cc(C(C)(C)C)c(O)c(C(C)(C)C)c1. The molecule has 0 aliphatic rings. The predicted molar refractivity (Wildman–Crippen MR) is 155 cm³/mol. The summed E-state index contributed by atoms with van der Waals surface area (Å²) in [5.41, 5.74) is 2.67. The van der Waals surface area contributed by atoms with E-state index in [4.69, 9.17) is 4.74 Å². The number of aryl methyl sites for hydroxylation is 1. The molecule has 1 N–H and O–H groups in total. The molecule has 1 rings (SSSR count). The molecule has 0 radical (unpaired) electrons. The third-order valence-corrected chi connectivity index (χ3v) is 7.16. The van der Waals surface area contributed by atoms with Crippen LogP contribution in [0.2, 0.25) is 0 Å². The molecule has 36 heavy (non-hydrogen) atoms.